The standard InChI is InChI=1S/C18H28N4/c1-4-11-20-18(19-3)21-14-16-5-7-17(8-6-16)22-12-9-15(2)10-13-22/h4-8,15H,1,9-14H2,2-3H3,(H2,19,20,21). The Morgan fingerprint density at radius 1 is 1.27 bits per heavy atom. The first-order chi connectivity index (χ1) is 10.7. The van der Waals surface area contributed by atoms with Crippen LogP contribution in [0, 0.1) is 5.92 Å². The summed E-state index contributed by atoms with van der Waals surface area (Å²) in [6, 6.07) is 8.85. The minimum atomic E-state index is 0.714. The molecule has 1 aromatic rings. The minimum Gasteiger partial charge on any atom is -0.372 e. The van der Waals surface area contributed by atoms with E-state index in [9.17, 15) is 0 Å². The molecule has 120 valence electrons. The first kappa shape index (κ1) is 16.4. The van der Waals surface area contributed by atoms with Gasteiger partial charge in [0.15, 0.2) is 5.96 Å². The normalized spacial score (nSPS) is 16.5. The number of benzene rings is 1. The molecule has 0 amide bonds. The molecule has 0 spiro atoms. The van der Waals surface area contributed by atoms with Gasteiger partial charge in [0, 0.05) is 38.9 Å². The molecular formula is C18H28N4. The van der Waals surface area contributed by atoms with E-state index in [1.165, 1.54) is 37.2 Å². The Labute approximate surface area is 134 Å². The van der Waals surface area contributed by atoms with Gasteiger partial charge in [0.25, 0.3) is 0 Å². The summed E-state index contributed by atoms with van der Waals surface area (Å²) < 4.78 is 0. The number of anilines is 1. The van der Waals surface area contributed by atoms with Crippen LogP contribution in [0.1, 0.15) is 25.3 Å². The highest BCUT2D eigenvalue weighted by Gasteiger charge is 2.15. The molecule has 22 heavy (non-hydrogen) atoms. The molecular weight excluding hydrogens is 272 g/mol. The third-order valence-electron chi connectivity index (χ3n) is 4.18. The Bertz CT molecular complexity index is 484. The molecule has 1 heterocycles. The number of nitrogens with zero attached hydrogens (tertiary/aromatic N) is 2. The van der Waals surface area contributed by atoms with Crippen LogP contribution in [-0.2, 0) is 6.54 Å². The van der Waals surface area contributed by atoms with Gasteiger partial charge in [-0.1, -0.05) is 25.1 Å². The van der Waals surface area contributed by atoms with Crippen molar-refractivity contribution in [3.63, 3.8) is 0 Å². The molecule has 0 atom stereocenters. The van der Waals surface area contributed by atoms with Gasteiger partial charge in [-0.2, -0.15) is 0 Å². The number of hydrogen-bond acceptors (Lipinski definition) is 2. The zero-order valence-corrected chi connectivity index (χ0v) is 13.8. The van der Waals surface area contributed by atoms with Crippen molar-refractivity contribution in [1.29, 1.82) is 0 Å². The molecule has 4 heteroatoms. The lowest BCUT2D eigenvalue weighted by Gasteiger charge is -2.32. The Morgan fingerprint density at radius 2 is 1.95 bits per heavy atom. The van der Waals surface area contributed by atoms with Crippen LogP contribution in [0.3, 0.4) is 0 Å². The van der Waals surface area contributed by atoms with Gasteiger partial charge < -0.3 is 15.5 Å². The third kappa shape index (κ3) is 4.79. The van der Waals surface area contributed by atoms with Crippen molar-refractivity contribution in [3.8, 4) is 0 Å². The van der Waals surface area contributed by atoms with Gasteiger partial charge in [-0.25, -0.2) is 0 Å². The van der Waals surface area contributed by atoms with Crippen LogP contribution in [0.4, 0.5) is 5.69 Å². The average Bonchev–Trinajstić information content (AvgIpc) is 2.56. The highest BCUT2D eigenvalue weighted by molar-refractivity contribution is 5.79. The molecule has 0 aliphatic carbocycles. The molecule has 0 saturated carbocycles. The topological polar surface area (TPSA) is 39.7 Å². The first-order valence-corrected chi connectivity index (χ1v) is 8.12. The monoisotopic (exact) mass is 300 g/mol. The van der Waals surface area contributed by atoms with Gasteiger partial charge in [0.2, 0.25) is 0 Å². The number of piperidine rings is 1. The maximum atomic E-state index is 4.18. The smallest absolute Gasteiger partial charge is 0.191 e. The summed E-state index contributed by atoms with van der Waals surface area (Å²) in [6.07, 6.45) is 4.42. The molecule has 1 aliphatic heterocycles. The maximum Gasteiger partial charge on any atom is 0.191 e. The van der Waals surface area contributed by atoms with E-state index >= 15 is 0 Å². The lowest BCUT2D eigenvalue weighted by molar-refractivity contribution is 0.438. The molecule has 2 rings (SSSR count). The van der Waals surface area contributed by atoms with Crippen molar-refractivity contribution in [2.75, 3.05) is 31.6 Å². The molecule has 1 aromatic carbocycles. The van der Waals surface area contributed by atoms with Gasteiger partial charge in [0.05, 0.1) is 0 Å². The lowest BCUT2D eigenvalue weighted by Crippen LogP contribution is -2.36. The second-order valence-electron chi connectivity index (χ2n) is 5.93. The van der Waals surface area contributed by atoms with Crippen LogP contribution < -0.4 is 15.5 Å². The number of hydrogen-bond donors (Lipinski definition) is 2. The second-order valence-corrected chi connectivity index (χ2v) is 5.93. The summed E-state index contributed by atoms with van der Waals surface area (Å²) in [5, 5.41) is 6.47. The van der Waals surface area contributed by atoms with Crippen molar-refractivity contribution in [2.24, 2.45) is 10.9 Å². The van der Waals surface area contributed by atoms with Crippen molar-refractivity contribution < 1.29 is 0 Å². The molecule has 0 bridgehead atoms. The predicted molar refractivity (Wildman–Crippen MR) is 95.5 cm³/mol. The van der Waals surface area contributed by atoms with Crippen LogP contribution in [0.5, 0.6) is 0 Å². The quantitative estimate of drug-likeness (QED) is 0.499. The van der Waals surface area contributed by atoms with E-state index in [-0.39, 0.29) is 0 Å². The van der Waals surface area contributed by atoms with Crippen LogP contribution >= 0.6 is 0 Å². The number of guanidine groups is 1. The first-order valence-electron chi connectivity index (χ1n) is 8.12. The number of aliphatic imine (C=N–C) groups is 1. The van der Waals surface area contributed by atoms with Gasteiger partial charge in [-0.05, 0) is 36.5 Å². The van der Waals surface area contributed by atoms with Crippen LogP contribution in [0.15, 0.2) is 41.9 Å². The second kappa shape index (κ2) is 8.47. The fourth-order valence-electron chi connectivity index (χ4n) is 2.67. The van der Waals surface area contributed by atoms with E-state index in [4.69, 9.17) is 0 Å². The maximum absolute atomic E-state index is 4.18. The highest BCUT2D eigenvalue weighted by atomic mass is 15.2. The summed E-state index contributed by atoms with van der Waals surface area (Å²) in [6.45, 7) is 9.88. The summed E-state index contributed by atoms with van der Waals surface area (Å²) in [5.74, 6) is 1.67. The minimum absolute atomic E-state index is 0.714. The summed E-state index contributed by atoms with van der Waals surface area (Å²) in [7, 11) is 1.78. The van der Waals surface area contributed by atoms with Crippen molar-refractivity contribution in [2.45, 2.75) is 26.3 Å². The van der Waals surface area contributed by atoms with E-state index in [1.807, 2.05) is 6.08 Å². The van der Waals surface area contributed by atoms with E-state index in [2.05, 4.69) is 58.3 Å². The van der Waals surface area contributed by atoms with E-state index in [1.54, 1.807) is 7.05 Å². The molecule has 1 fully saturated rings. The summed E-state index contributed by atoms with van der Waals surface area (Å²) >= 11 is 0. The van der Waals surface area contributed by atoms with Crippen molar-refractivity contribution >= 4 is 11.6 Å². The van der Waals surface area contributed by atoms with Gasteiger partial charge >= 0.3 is 0 Å². The number of rotatable bonds is 5. The molecule has 0 radical (unpaired) electrons. The zero-order valence-electron chi connectivity index (χ0n) is 13.8. The fraction of sp³-hybridized carbons (Fsp3) is 0.500. The Morgan fingerprint density at radius 3 is 2.55 bits per heavy atom. The SMILES string of the molecule is C=CCNC(=NC)NCc1ccc(N2CCC(C)CC2)cc1. The molecule has 1 aliphatic rings. The molecule has 2 N–H and O–H groups in total. The Kier molecular flexibility index (Phi) is 6.31. The molecule has 0 unspecified atom stereocenters. The number of nitrogens with one attached hydrogen (secondary N) is 2. The highest BCUT2D eigenvalue weighted by Crippen LogP contribution is 2.23. The van der Waals surface area contributed by atoms with E-state index in [0.29, 0.717) is 6.54 Å². The summed E-state index contributed by atoms with van der Waals surface area (Å²) in [4.78, 5) is 6.66. The van der Waals surface area contributed by atoms with E-state index in [0.717, 1.165) is 18.4 Å². The van der Waals surface area contributed by atoms with Gasteiger partial charge in [0.1, 0.15) is 0 Å². The van der Waals surface area contributed by atoms with Crippen molar-refractivity contribution in [3.05, 3.63) is 42.5 Å². The average molecular weight is 300 g/mol. The fourth-order valence-corrected chi connectivity index (χ4v) is 2.67. The van der Waals surface area contributed by atoms with E-state index < -0.39 is 0 Å². The predicted octanol–water partition coefficient (Wildman–Crippen LogP) is 2.77. The van der Waals surface area contributed by atoms with Gasteiger partial charge in [-0.3, -0.25) is 4.99 Å². The Hall–Kier alpha value is -1.97. The molecule has 1 saturated heterocycles. The summed E-state index contributed by atoms with van der Waals surface area (Å²) in [5.41, 5.74) is 2.60. The largest absolute Gasteiger partial charge is 0.372 e. The molecule has 4 nitrogen and oxygen atoms in total. The zero-order chi connectivity index (χ0) is 15.8. The van der Waals surface area contributed by atoms with Crippen LogP contribution in [0.2, 0.25) is 0 Å². The van der Waals surface area contributed by atoms with Crippen LogP contribution in [-0.4, -0.2) is 32.6 Å². The van der Waals surface area contributed by atoms with Crippen LogP contribution in [0.25, 0.3) is 0 Å². The van der Waals surface area contributed by atoms with Crippen molar-refractivity contribution in [1.82, 2.24) is 10.6 Å². The lowest BCUT2D eigenvalue weighted by atomic mass is 9.99. The molecule has 0 aromatic heterocycles. The Balaban J connectivity index is 1.85. The third-order valence-corrected chi connectivity index (χ3v) is 4.18. The van der Waals surface area contributed by atoms with Gasteiger partial charge in [-0.15, -0.1) is 6.58 Å².